The Morgan fingerprint density at radius 3 is 2.20 bits per heavy atom. The summed E-state index contributed by atoms with van der Waals surface area (Å²) in [6.45, 7) is 0.819. The molecule has 1 N–H and O–H groups in total. The second-order valence-electron chi connectivity index (χ2n) is 7.06. The highest BCUT2D eigenvalue weighted by Gasteiger charge is 2.24. The fraction of sp³-hybridized carbons (Fsp3) is 0.409. The Balaban J connectivity index is 1.40. The van der Waals surface area contributed by atoms with Crippen molar-refractivity contribution >= 4 is 11.6 Å². The summed E-state index contributed by atoms with van der Waals surface area (Å²) in [5.41, 5.74) is 2.35. The van der Waals surface area contributed by atoms with Gasteiger partial charge in [-0.15, -0.1) is 0 Å². The molecule has 1 fully saturated rings. The molecule has 0 bridgehead atoms. The van der Waals surface area contributed by atoms with Crippen LogP contribution < -0.4 is 5.32 Å². The highest BCUT2D eigenvalue weighted by Crippen LogP contribution is 2.34. The van der Waals surface area contributed by atoms with Crippen LogP contribution >= 0.6 is 0 Å². The van der Waals surface area contributed by atoms with Gasteiger partial charge in [-0.3, -0.25) is 4.79 Å². The van der Waals surface area contributed by atoms with Crippen LogP contribution in [0, 0.1) is 0 Å². The zero-order chi connectivity index (χ0) is 17.5. The lowest BCUT2D eigenvalue weighted by molar-refractivity contribution is -0.116. The average molecular weight is 336 g/mol. The van der Waals surface area contributed by atoms with Gasteiger partial charge < -0.3 is 10.2 Å². The van der Waals surface area contributed by atoms with Crippen molar-refractivity contribution in [3.05, 3.63) is 66.2 Å². The summed E-state index contributed by atoms with van der Waals surface area (Å²) in [4.78, 5) is 14.5. The van der Waals surface area contributed by atoms with E-state index >= 15 is 0 Å². The molecule has 0 atom stereocenters. The number of benzene rings is 2. The molecule has 3 heteroatoms. The average Bonchev–Trinajstić information content (AvgIpc) is 2.68. The Morgan fingerprint density at radius 1 is 0.960 bits per heavy atom. The van der Waals surface area contributed by atoms with Crippen molar-refractivity contribution in [3.63, 3.8) is 0 Å². The molecule has 1 aliphatic carbocycles. The molecule has 0 unspecified atom stereocenters. The van der Waals surface area contributed by atoms with Crippen LogP contribution in [0.3, 0.4) is 0 Å². The highest BCUT2D eigenvalue weighted by atomic mass is 16.1. The van der Waals surface area contributed by atoms with Gasteiger partial charge in [0.05, 0.1) is 0 Å². The Bertz CT molecular complexity index is 648. The predicted molar refractivity (Wildman–Crippen MR) is 104 cm³/mol. The number of para-hydroxylation sites is 1. The minimum Gasteiger partial charge on any atom is -0.326 e. The van der Waals surface area contributed by atoms with E-state index in [2.05, 4.69) is 47.6 Å². The number of carbonyl (C=O) groups excluding carboxylic acids is 1. The van der Waals surface area contributed by atoms with E-state index in [4.69, 9.17) is 0 Å². The predicted octanol–water partition coefficient (Wildman–Crippen LogP) is 4.67. The first kappa shape index (κ1) is 17.7. The molecule has 1 saturated carbocycles. The SMILES string of the molecule is CN(CCC(=O)Nc1ccccc1)C1CCC(c2ccccc2)CC1. The summed E-state index contributed by atoms with van der Waals surface area (Å²) in [7, 11) is 2.16. The normalized spacial score (nSPS) is 20.4. The van der Waals surface area contributed by atoms with Crippen LogP contribution in [-0.2, 0) is 4.79 Å². The van der Waals surface area contributed by atoms with Crippen LogP contribution in [0.5, 0.6) is 0 Å². The summed E-state index contributed by atoms with van der Waals surface area (Å²) in [6.07, 6.45) is 5.47. The Kier molecular flexibility index (Phi) is 6.24. The van der Waals surface area contributed by atoms with E-state index in [1.165, 1.54) is 31.2 Å². The molecule has 1 amide bonds. The molecule has 0 heterocycles. The van der Waals surface area contributed by atoms with Gasteiger partial charge in [0.25, 0.3) is 0 Å². The van der Waals surface area contributed by atoms with E-state index < -0.39 is 0 Å². The Hall–Kier alpha value is -2.13. The zero-order valence-electron chi connectivity index (χ0n) is 15.0. The van der Waals surface area contributed by atoms with Gasteiger partial charge in [-0.2, -0.15) is 0 Å². The van der Waals surface area contributed by atoms with Crippen LogP contribution in [0.1, 0.15) is 43.6 Å². The number of amides is 1. The summed E-state index contributed by atoms with van der Waals surface area (Å²) in [5.74, 6) is 0.795. The first-order chi connectivity index (χ1) is 12.2. The lowest BCUT2D eigenvalue weighted by Crippen LogP contribution is -2.36. The van der Waals surface area contributed by atoms with Crippen molar-refractivity contribution in [2.24, 2.45) is 0 Å². The van der Waals surface area contributed by atoms with E-state index in [9.17, 15) is 4.79 Å². The Labute approximate surface area is 151 Å². The third kappa shape index (κ3) is 5.17. The topological polar surface area (TPSA) is 32.3 Å². The molecule has 132 valence electrons. The quantitative estimate of drug-likeness (QED) is 0.831. The number of hydrogen-bond acceptors (Lipinski definition) is 2. The molecule has 25 heavy (non-hydrogen) atoms. The van der Waals surface area contributed by atoms with Crippen molar-refractivity contribution in [3.8, 4) is 0 Å². The largest absolute Gasteiger partial charge is 0.326 e. The van der Waals surface area contributed by atoms with E-state index in [-0.39, 0.29) is 5.91 Å². The number of rotatable bonds is 6. The summed E-state index contributed by atoms with van der Waals surface area (Å²) >= 11 is 0. The second-order valence-corrected chi connectivity index (χ2v) is 7.06. The molecule has 1 aliphatic rings. The maximum absolute atomic E-state index is 12.1. The number of nitrogens with zero attached hydrogens (tertiary/aromatic N) is 1. The van der Waals surface area contributed by atoms with Gasteiger partial charge in [0.1, 0.15) is 0 Å². The molecule has 0 radical (unpaired) electrons. The lowest BCUT2D eigenvalue weighted by atomic mass is 9.81. The summed E-state index contributed by atoms with van der Waals surface area (Å²) in [5, 5.41) is 2.96. The van der Waals surface area contributed by atoms with Gasteiger partial charge in [-0.05, 0) is 56.3 Å². The molecule has 3 nitrogen and oxygen atoms in total. The number of carbonyl (C=O) groups is 1. The number of hydrogen-bond donors (Lipinski definition) is 1. The first-order valence-corrected chi connectivity index (χ1v) is 9.32. The maximum Gasteiger partial charge on any atom is 0.225 e. The second kappa shape index (κ2) is 8.82. The fourth-order valence-corrected chi connectivity index (χ4v) is 3.78. The van der Waals surface area contributed by atoms with Gasteiger partial charge in [0.2, 0.25) is 5.91 Å². The van der Waals surface area contributed by atoms with Crippen molar-refractivity contribution in [2.45, 2.75) is 44.1 Å². The Morgan fingerprint density at radius 2 is 1.56 bits per heavy atom. The summed E-state index contributed by atoms with van der Waals surface area (Å²) < 4.78 is 0. The van der Waals surface area contributed by atoms with Crippen LogP contribution in [0.25, 0.3) is 0 Å². The molecular formula is C22H28N2O. The van der Waals surface area contributed by atoms with Crippen LogP contribution in [-0.4, -0.2) is 30.4 Å². The maximum atomic E-state index is 12.1. The highest BCUT2D eigenvalue weighted by molar-refractivity contribution is 5.90. The van der Waals surface area contributed by atoms with Gasteiger partial charge in [-0.1, -0.05) is 48.5 Å². The van der Waals surface area contributed by atoms with Gasteiger partial charge in [0, 0.05) is 24.7 Å². The van der Waals surface area contributed by atoms with E-state index in [1.54, 1.807) is 0 Å². The van der Waals surface area contributed by atoms with Crippen LogP contribution in [0.2, 0.25) is 0 Å². The molecule has 3 rings (SSSR count). The third-order valence-corrected chi connectivity index (χ3v) is 5.34. The van der Waals surface area contributed by atoms with Crippen molar-refractivity contribution in [1.82, 2.24) is 4.90 Å². The molecule has 2 aromatic carbocycles. The molecule has 2 aromatic rings. The number of nitrogens with one attached hydrogen (secondary N) is 1. The standard InChI is InChI=1S/C22H28N2O/c1-24(17-16-22(25)23-20-10-6-3-7-11-20)21-14-12-19(13-15-21)18-8-4-2-5-9-18/h2-11,19,21H,12-17H2,1H3,(H,23,25). The molecule has 0 aromatic heterocycles. The van der Waals surface area contributed by atoms with E-state index in [0.29, 0.717) is 18.4 Å². The molecule has 0 spiro atoms. The van der Waals surface area contributed by atoms with Gasteiger partial charge >= 0.3 is 0 Å². The first-order valence-electron chi connectivity index (χ1n) is 9.32. The minimum atomic E-state index is 0.0935. The monoisotopic (exact) mass is 336 g/mol. The van der Waals surface area contributed by atoms with Gasteiger partial charge in [0.15, 0.2) is 0 Å². The number of anilines is 1. The molecule has 0 saturated heterocycles. The smallest absolute Gasteiger partial charge is 0.225 e. The molecular weight excluding hydrogens is 308 g/mol. The third-order valence-electron chi connectivity index (χ3n) is 5.34. The van der Waals surface area contributed by atoms with Gasteiger partial charge in [-0.25, -0.2) is 0 Å². The van der Waals surface area contributed by atoms with Crippen LogP contribution in [0.4, 0.5) is 5.69 Å². The van der Waals surface area contributed by atoms with Crippen molar-refractivity contribution in [2.75, 3.05) is 18.9 Å². The van der Waals surface area contributed by atoms with E-state index in [1.807, 2.05) is 30.3 Å². The zero-order valence-corrected chi connectivity index (χ0v) is 15.0. The fourth-order valence-electron chi connectivity index (χ4n) is 3.78. The molecule has 0 aliphatic heterocycles. The minimum absolute atomic E-state index is 0.0935. The summed E-state index contributed by atoms with van der Waals surface area (Å²) in [6, 6.07) is 21.1. The van der Waals surface area contributed by atoms with E-state index in [0.717, 1.165) is 12.2 Å². The van der Waals surface area contributed by atoms with Crippen molar-refractivity contribution < 1.29 is 4.79 Å². The lowest BCUT2D eigenvalue weighted by Gasteiger charge is -2.34. The van der Waals surface area contributed by atoms with Crippen LogP contribution in [0.15, 0.2) is 60.7 Å². The van der Waals surface area contributed by atoms with Crippen molar-refractivity contribution in [1.29, 1.82) is 0 Å².